The molecular weight excluding hydrogens is 607 g/mol. The minimum Gasteiger partial charge on any atom is -0.494 e. The maximum Gasteiger partial charge on any atom is 0.338 e. The summed E-state index contributed by atoms with van der Waals surface area (Å²) in [7, 11) is 0. The molecule has 0 saturated heterocycles. The highest BCUT2D eigenvalue weighted by molar-refractivity contribution is 7.07. The molecule has 2 heterocycles. The van der Waals surface area contributed by atoms with Crippen molar-refractivity contribution >= 4 is 46.6 Å². The minimum atomic E-state index is -0.740. The fourth-order valence-electron chi connectivity index (χ4n) is 4.76. The first-order valence-electron chi connectivity index (χ1n) is 13.8. The molecule has 0 saturated carbocycles. The second kappa shape index (κ2) is 13.2. The molecule has 0 fully saturated rings. The largest absolute Gasteiger partial charge is 0.494 e. The number of carbonyl (C=O) groups excluding carboxylic acids is 1. The van der Waals surface area contributed by atoms with Gasteiger partial charge in [-0.15, -0.1) is 0 Å². The van der Waals surface area contributed by atoms with E-state index in [9.17, 15) is 9.59 Å². The van der Waals surface area contributed by atoms with E-state index >= 15 is 0 Å². The predicted molar refractivity (Wildman–Crippen MR) is 170 cm³/mol. The van der Waals surface area contributed by atoms with Crippen molar-refractivity contribution in [3.63, 3.8) is 0 Å². The highest BCUT2D eigenvalue weighted by Gasteiger charge is 2.33. The van der Waals surface area contributed by atoms with Crippen LogP contribution in [0.15, 0.2) is 87.8 Å². The summed E-state index contributed by atoms with van der Waals surface area (Å²) in [6.07, 6.45) is 1.39. The van der Waals surface area contributed by atoms with E-state index < -0.39 is 12.0 Å². The van der Waals surface area contributed by atoms with Crippen LogP contribution in [0.4, 0.5) is 0 Å². The molecule has 0 spiro atoms. The number of hydrogen-bond donors (Lipinski definition) is 0. The summed E-state index contributed by atoms with van der Waals surface area (Å²) < 4.78 is 19.3. The smallest absolute Gasteiger partial charge is 0.338 e. The SMILES string of the molecule is CCOc1ccc([C@@H]2C(C(=O)OC(C)C)=C(C)N=c3s/c(=C/c4cc(Cl)ccc4OCc4ccccc4Cl)c(=O)n32)cc1. The zero-order chi connectivity index (χ0) is 30.7. The van der Waals surface area contributed by atoms with Crippen molar-refractivity contribution in [1.82, 2.24) is 4.57 Å². The van der Waals surface area contributed by atoms with Gasteiger partial charge in [-0.05, 0) is 75.7 Å². The first-order valence-corrected chi connectivity index (χ1v) is 15.4. The first kappa shape index (κ1) is 30.6. The summed E-state index contributed by atoms with van der Waals surface area (Å²) in [5.74, 6) is 0.709. The molecule has 1 atom stereocenters. The minimum absolute atomic E-state index is 0.238. The first-order chi connectivity index (χ1) is 20.7. The Labute approximate surface area is 263 Å². The molecule has 0 unspecified atom stereocenters. The Balaban J connectivity index is 1.61. The molecule has 4 aromatic rings. The summed E-state index contributed by atoms with van der Waals surface area (Å²) in [4.78, 5) is 32.6. The van der Waals surface area contributed by atoms with Crippen LogP contribution in [-0.2, 0) is 16.1 Å². The molecule has 0 aliphatic carbocycles. The van der Waals surface area contributed by atoms with Crippen LogP contribution in [0, 0.1) is 0 Å². The molecular formula is C33H30Cl2N2O5S. The van der Waals surface area contributed by atoms with E-state index in [2.05, 4.69) is 4.99 Å². The quantitative estimate of drug-likeness (QED) is 0.197. The van der Waals surface area contributed by atoms with Crippen molar-refractivity contribution in [3.8, 4) is 11.5 Å². The number of rotatable bonds is 9. The lowest BCUT2D eigenvalue weighted by atomic mass is 9.96. The molecule has 1 aliphatic rings. The highest BCUT2D eigenvalue weighted by Crippen LogP contribution is 2.32. The van der Waals surface area contributed by atoms with Crippen molar-refractivity contribution in [3.05, 3.63) is 124 Å². The number of allylic oxidation sites excluding steroid dienone is 1. The van der Waals surface area contributed by atoms with E-state index in [-0.39, 0.29) is 18.3 Å². The molecule has 7 nitrogen and oxygen atoms in total. The van der Waals surface area contributed by atoms with Crippen LogP contribution in [0.1, 0.15) is 50.4 Å². The number of aromatic nitrogens is 1. The molecule has 222 valence electrons. The van der Waals surface area contributed by atoms with Crippen molar-refractivity contribution < 1.29 is 19.0 Å². The summed E-state index contributed by atoms with van der Waals surface area (Å²) in [6, 6.07) is 19.3. The van der Waals surface area contributed by atoms with Crippen LogP contribution >= 0.6 is 34.5 Å². The molecule has 0 radical (unpaired) electrons. The Morgan fingerprint density at radius 3 is 2.51 bits per heavy atom. The summed E-state index contributed by atoms with van der Waals surface area (Å²) in [5.41, 5.74) is 2.68. The lowest BCUT2D eigenvalue weighted by Gasteiger charge is -2.25. The van der Waals surface area contributed by atoms with Gasteiger partial charge in [0.05, 0.1) is 34.6 Å². The van der Waals surface area contributed by atoms with Crippen LogP contribution < -0.4 is 24.4 Å². The second-order valence-corrected chi connectivity index (χ2v) is 12.0. The molecule has 1 aromatic heterocycles. The summed E-state index contributed by atoms with van der Waals surface area (Å²) in [6.45, 7) is 7.99. The van der Waals surface area contributed by atoms with Crippen LogP contribution in [-0.4, -0.2) is 23.2 Å². The Morgan fingerprint density at radius 1 is 1.07 bits per heavy atom. The predicted octanol–water partition coefficient (Wildman–Crippen LogP) is 6.47. The number of halogens is 2. The third-order valence-corrected chi connectivity index (χ3v) is 8.28. The maximum atomic E-state index is 14.1. The van der Waals surface area contributed by atoms with Crippen LogP contribution in [0.5, 0.6) is 11.5 Å². The molecule has 0 N–H and O–H groups in total. The van der Waals surface area contributed by atoms with E-state index in [1.54, 1.807) is 55.7 Å². The topological polar surface area (TPSA) is 79.1 Å². The van der Waals surface area contributed by atoms with Gasteiger partial charge in [0.25, 0.3) is 5.56 Å². The lowest BCUT2D eigenvalue weighted by Crippen LogP contribution is -2.40. The van der Waals surface area contributed by atoms with Gasteiger partial charge in [-0.2, -0.15) is 0 Å². The van der Waals surface area contributed by atoms with E-state index in [0.29, 0.717) is 54.3 Å². The number of ether oxygens (including phenoxy) is 3. The fraction of sp³-hybridized carbons (Fsp3) is 0.242. The molecule has 0 amide bonds. The van der Waals surface area contributed by atoms with Gasteiger partial charge in [-0.25, -0.2) is 9.79 Å². The van der Waals surface area contributed by atoms with Gasteiger partial charge in [-0.1, -0.05) is 64.9 Å². The Hall–Kier alpha value is -3.85. The van der Waals surface area contributed by atoms with Gasteiger partial charge in [0.15, 0.2) is 4.80 Å². The molecule has 0 bridgehead atoms. The van der Waals surface area contributed by atoms with Crippen LogP contribution in [0.25, 0.3) is 6.08 Å². The molecule has 10 heteroatoms. The lowest BCUT2D eigenvalue weighted by molar-refractivity contribution is -0.143. The summed E-state index contributed by atoms with van der Waals surface area (Å²) >= 11 is 13.9. The Kier molecular flexibility index (Phi) is 9.40. The molecule has 43 heavy (non-hydrogen) atoms. The summed E-state index contributed by atoms with van der Waals surface area (Å²) in [5, 5.41) is 1.09. The van der Waals surface area contributed by atoms with Gasteiger partial charge in [0, 0.05) is 21.2 Å². The number of carbonyl (C=O) groups is 1. The van der Waals surface area contributed by atoms with Gasteiger partial charge in [0.1, 0.15) is 18.1 Å². The van der Waals surface area contributed by atoms with Crippen LogP contribution in [0.3, 0.4) is 0 Å². The number of esters is 1. The van der Waals surface area contributed by atoms with Crippen molar-refractivity contribution in [2.45, 2.75) is 46.4 Å². The van der Waals surface area contributed by atoms with E-state index in [1.807, 2.05) is 49.4 Å². The van der Waals surface area contributed by atoms with Gasteiger partial charge >= 0.3 is 5.97 Å². The maximum absolute atomic E-state index is 14.1. The Morgan fingerprint density at radius 2 is 1.81 bits per heavy atom. The third kappa shape index (κ3) is 6.72. The van der Waals surface area contributed by atoms with Crippen LogP contribution in [0.2, 0.25) is 10.0 Å². The average Bonchev–Trinajstić information content (AvgIpc) is 3.26. The fourth-order valence-corrected chi connectivity index (χ4v) is 6.17. The number of thiazole rings is 1. The highest BCUT2D eigenvalue weighted by atomic mass is 35.5. The number of fused-ring (bicyclic) bond motifs is 1. The molecule has 3 aromatic carbocycles. The van der Waals surface area contributed by atoms with Gasteiger partial charge in [-0.3, -0.25) is 9.36 Å². The Bertz CT molecular complexity index is 1880. The third-order valence-electron chi connectivity index (χ3n) is 6.69. The standard InChI is InChI=1S/C33H30Cl2N2O5S/c1-5-40-25-13-10-21(11-14-25)30-29(32(39)42-19(2)3)20(4)36-33-37(30)31(38)28(43-33)17-23-16-24(34)12-15-27(23)41-18-22-8-6-7-9-26(22)35/h6-17,19,30H,5,18H2,1-4H3/b28-17+/t30-/m1/s1. The number of nitrogens with zero attached hydrogens (tertiary/aromatic N) is 2. The monoisotopic (exact) mass is 636 g/mol. The van der Waals surface area contributed by atoms with E-state index in [1.165, 1.54) is 11.3 Å². The number of hydrogen-bond acceptors (Lipinski definition) is 7. The van der Waals surface area contributed by atoms with E-state index in [0.717, 1.165) is 11.1 Å². The van der Waals surface area contributed by atoms with Crippen molar-refractivity contribution in [1.29, 1.82) is 0 Å². The zero-order valence-corrected chi connectivity index (χ0v) is 26.4. The molecule has 5 rings (SSSR count). The second-order valence-electron chi connectivity index (χ2n) is 10.1. The van der Waals surface area contributed by atoms with Crippen molar-refractivity contribution in [2.75, 3.05) is 6.61 Å². The zero-order valence-electron chi connectivity index (χ0n) is 24.1. The number of benzene rings is 3. The van der Waals surface area contributed by atoms with E-state index in [4.69, 9.17) is 37.4 Å². The molecule has 1 aliphatic heterocycles. The average molecular weight is 638 g/mol. The normalized spacial score (nSPS) is 14.9. The van der Waals surface area contributed by atoms with Crippen molar-refractivity contribution in [2.24, 2.45) is 4.99 Å². The van der Waals surface area contributed by atoms with Gasteiger partial charge in [0.2, 0.25) is 0 Å². The van der Waals surface area contributed by atoms with Gasteiger partial charge < -0.3 is 14.2 Å².